The van der Waals surface area contributed by atoms with E-state index in [0.29, 0.717) is 9.78 Å². The van der Waals surface area contributed by atoms with E-state index in [2.05, 4.69) is 4.74 Å². The highest BCUT2D eigenvalue weighted by atomic mass is 35.5. The third-order valence-corrected chi connectivity index (χ3v) is 5.13. The van der Waals surface area contributed by atoms with E-state index in [1.165, 1.54) is 11.3 Å². The van der Waals surface area contributed by atoms with E-state index < -0.39 is 43.1 Å². The number of esters is 2. The molecular formula is C19H14ClFN2O7S. The van der Waals surface area contributed by atoms with Gasteiger partial charge in [0.2, 0.25) is 6.79 Å². The standard InChI is InChI=1S/C19H14ClFN2O7S/c1-9(24)28-7-15(25)29-8-30-17(14-3-2-4-31-14)16-10-5-12(21)11(20)6-13(10)23(18(16)26)19(22)27/h2-6H,7-8H2,1H3,(H2,22,27)/b17-16+. The molecule has 0 aliphatic carbocycles. The van der Waals surface area contributed by atoms with Gasteiger partial charge in [0, 0.05) is 12.5 Å². The van der Waals surface area contributed by atoms with E-state index in [9.17, 15) is 23.6 Å². The summed E-state index contributed by atoms with van der Waals surface area (Å²) in [4.78, 5) is 48.3. The Hall–Kier alpha value is -3.44. The number of nitrogens with two attached hydrogens (primary N) is 1. The second-order valence-corrected chi connectivity index (χ2v) is 7.36. The maximum atomic E-state index is 14.2. The Kier molecular flexibility index (Phi) is 6.56. The van der Waals surface area contributed by atoms with Crippen LogP contribution >= 0.6 is 22.9 Å². The first kappa shape index (κ1) is 22.2. The fourth-order valence-electron chi connectivity index (χ4n) is 2.73. The topological polar surface area (TPSA) is 125 Å². The van der Waals surface area contributed by atoms with Crippen LogP contribution in [0.25, 0.3) is 11.3 Å². The van der Waals surface area contributed by atoms with Crippen molar-refractivity contribution in [3.63, 3.8) is 0 Å². The van der Waals surface area contributed by atoms with Crippen molar-refractivity contribution in [3.05, 3.63) is 50.9 Å². The van der Waals surface area contributed by atoms with Crippen LogP contribution in [0, 0.1) is 5.82 Å². The zero-order valence-corrected chi connectivity index (χ0v) is 17.4. The van der Waals surface area contributed by atoms with Crippen LogP contribution in [0.1, 0.15) is 17.4 Å². The van der Waals surface area contributed by atoms with Gasteiger partial charge in [-0.2, -0.15) is 0 Å². The van der Waals surface area contributed by atoms with E-state index in [-0.39, 0.29) is 27.6 Å². The number of thiophene rings is 1. The molecule has 2 heterocycles. The molecule has 12 heteroatoms. The van der Waals surface area contributed by atoms with Gasteiger partial charge < -0.3 is 19.9 Å². The number of benzene rings is 1. The van der Waals surface area contributed by atoms with Crippen molar-refractivity contribution in [1.82, 2.24) is 0 Å². The van der Waals surface area contributed by atoms with Crippen molar-refractivity contribution in [2.45, 2.75) is 6.92 Å². The van der Waals surface area contributed by atoms with Crippen molar-refractivity contribution in [2.75, 3.05) is 18.3 Å². The summed E-state index contributed by atoms with van der Waals surface area (Å²) >= 11 is 6.99. The van der Waals surface area contributed by atoms with Crippen molar-refractivity contribution in [3.8, 4) is 0 Å². The lowest BCUT2D eigenvalue weighted by molar-refractivity contribution is -0.163. The molecule has 2 N–H and O–H groups in total. The number of urea groups is 1. The maximum Gasteiger partial charge on any atom is 0.347 e. The number of hydrogen-bond acceptors (Lipinski definition) is 8. The Labute approximate surface area is 183 Å². The lowest BCUT2D eigenvalue weighted by Gasteiger charge is -2.13. The molecule has 1 aliphatic rings. The molecule has 2 aromatic rings. The predicted octanol–water partition coefficient (Wildman–Crippen LogP) is 2.91. The van der Waals surface area contributed by atoms with Crippen LogP contribution in [0.4, 0.5) is 14.9 Å². The molecule has 0 radical (unpaired) electrons. The van der Waals surface area contributed by atoms with E-state index >= 15 is 0 Å². The molecule has 162 valence electrons. The number of halogens is 2. The van der Waals surface area contributed by atoms with Crippen LogP contribution in [0.5, 0.6) is 0 Å². The number of nitrogens with zero attached hydrogens (tertiary/aromatic N) is 1. The molecule has 9 nitrogen and oxygen atoms in total. The molecule has 1 aromatic carbocycles. The number of anilines is 1. The molecule has 0 fully saturated rings. The van der Waals surface area contributed by atoms with Crippen molar-refractivity contribution in [2.24, 2.45) is 5.73 Å². The molecule has 0 bridgehead atoms. The smallest absolute Gasteiger partial charge is 0.347 e. The minimum Gasteiger partial charge on any atom is -0.455 e. The molecule has 3 amide bonds. The Morgan fingerprint density at radius 1 is 1.23 bits per heavy atom. The number of rotatable bonds is 6. The van der Waals surface area contributed by atoms with Crippen LogP contribution in [0.3, 0.4) is 0 Å². The van der Waals surface area contributed by atoms with E-state index in [4.69, 9.17) is 26.8 Å². The first-order chi connectivity index (χ1) is 14.7. The highest BCUT2D eigenvalue weighted by molar-refractivity contribution is 7.11. The second-order valence-electron chi connectivity index (χ2n) is 6.00. The summed E-state index contributed by atoms with van der Waals surface area (Å²) in [6, 6.07) is 4.28. The highest BCUT2D eigenvalue weighted by Gasteiger charge is 2.40. The summed E-state index contributed by atoms with van der Waals surface area (Å²) in [5, 5.41) is 1.39. The second kappa shape index (κ2) is 9.14. The SMILES string of the molecule is CC(=O)OCC(=O)OCO/C(=C1/C(=O)N(C(N)=O)c2cc(Cl)c(F)cc21)c1cccs1. The predicted molar refractivity (Wildman–Crippen MR) is 108 cm³/mol. The Bertz CT molecular complexity index is 1100. The van der Waals surface area contributed by atoms with Crippen LogP contribution in [-0.2, 0) is 28.6 Å². The third-order valence-electron chi connectivity index (χ3n) is 3.97. The Morgan fingerprint density at radius 2 is 1.97 bits per heavy atom. The molecule has 3 rings (SSSR count). The quantitative estimate of drug-likeness (QED) is 0.299. The summed E-state index contributed by atoms with van der Waals surface area (Å²) in [5.41, 5.74) is 5.18. The minimum absolute atomic E-state index is 0.0107. The van der Waals surface area contributed by atoms with Gasteiger partial charge in [-0.3, -0.25) is 9.59 Å². The molecule has 0 atom stereocenters. The lowest BCUT2D eigenvalue weighted by atomic mass is 10.0. The highest BCUT2D eigenvalue weighted by Crippen LogP contribution is 2.43. The van der Waals surface area contributed by atoms with Crippen molar-refractivity contribution in [1.29, 1.82) is 0 Å². The minimum atomic E-state index is -1.10. The Morgan fingerprint density at radius 3 is 2.58 bits per heavy atom. The number of fused-ring (bicyclic) bond motifs is 1. The number of carbonyl (C=O) groups excluding carboxylic acids is 4. The van der Waals surface area contributed by atoms with Crippen LogP contribution in [0.2, 0.25) is 5.02 Å². The molecular weight excluding hydrogens is 455 g/mol. The Balaban J connectivity index is 2.00. The normalized spacial score (nSPS) is 14.2. The van der Waals surface area contributed by atoms with Gasteiger partial charge in [0.15, 0.2) is 12.4 Å². The van der Waals surface area contributed by atoms with Gasteiger partial charge in [0.25, 0.3) is 5.91 Å². The zero-order chi connectivity index (χ0) is 22.7. The molecule has 0 spiro atoms. The number of hydrogen-bond donors (Lipinski definition) is 1. The first-order valence-corrected chi connectivity index (χ1v) is 9.79. The van der Waals surface area contributed by atoms with Gasteiger partial charge in [0.1, 0.15) is 5.82 Å². The average Bonchev–Trinajstić information content (AvgIpc) is 3.31. The molecule has 0 saturated heterocycles. The van der Waals surface area contributed by atoms with Gasteiger partial charge in [-0.1, -0.05) is 17.7 Å². The van der Waals surface area contributed by atoms with Crippen LogP contribution in [0.15, 0.2) is 29.6 Å². The fraction of sp³-hybridized carbons (Fsp3) is 0.158. The fourth-order valence-corrected chi connectivity index (χ4v) is 3.61. The number of imide groups is 1. The number of primary amides is 1. The zero-order valence-electron chi connectivity index (χ0n) is 15.8. The maximum absolute atomic E-state index is 14.2. The third kappa shape index (κ3) is 4.67. The summed E-state index contributed by atoms with van der Waals surface area (Å²) in [6.45, 7) is -0.140. The van der Waals surface area contributed by atoms with Crippen molar-refractivity contribution >= 4 is 63.8 Å². The number of ether oxygens (including phenoxy) is 3. The van der Waals surface area contributed by atoms with Crippen molar-refractivity contribution < 1.29 is 37.8 Å². The van der Waals surface area contributed by atoms with E-state index in [0.717, 1.165) is 19.1 Å². The van der Waals surface area contributed by atoms with Crippen LogP contribution < -0.4 is 10.6 Å². The molecule has 1 aliphatic heterocycles. The molecule has 0 saturated carbocycles. The molecule has 1 aromatic heterocycles. The van der Waals surface area contributed by atoms with Gasteiger partial charge in [-0.25, -0.2) is 18.9 Å². The van der Waals surface area contributed by atoms with Gasteiger partial charge in [-0.15, -0.1) is 11.3 Å². The molecule has 31 heavy (non-hydrogen) atoms. The summed E-state index contributed by atoms with van der Waals surface area (Å²) < 4.78 is 29.0. The van der Waals surface area contributed by atoms with E-state index in [1.54, 1.807) is 17.5 Å². The molecule has 0 unspecified atom stereocenters. The largest absolute Gasteiger partial charge is 0.455 e. The van der Waals surface area contributed by atoms with Gasteiger partial charge in [-0.05, 0) is 23.6 Å². The number of amides is 3. The lowest BCUT2D eigenvalue weighted by Crippen LogP contribution is -2.38. The van der Waals surface area contributed by atoms with Gasteiger partial charge in [0.05, 0.1) is 21.2 Å². The first-order valence-electron chi connectivity index (χ1n) is 8.54. The number of carbonyl (C=O) groups is 4. The average molecular weight is 469 g/mol. The summed E-state index contributed by atoms with van der Waals surface area (Å²) in [5.74, 6) is -3.30. The van der Waals surface area contributed by atoms with Gasteiger partial charge >= 0.3 is 18.0 Å². The summed E-state index contributed by atoms with van der Waals surface area (Å²) in [7, 11) is 0. The monoisotopic (exact) mass is 468 g/mol. The summed E-state index contributed by atoms with van der Waals surface area (Å²) in [6.07, 6.45) is 0. The van der Waals surface area contributed by atoms with E-state index in [1.807, 2.05) is 0 Å². The van der Waals surface area contributed by atoms with Crippen LogP contribution in [-0.4, -0.2) is 37.3 Å².